The molecule has 1 aromatic heterocycles. The van der Waals surface area contributed by atoms with Crippen LogP contribution in [0.25, 0.3) is 6.08 Å². The number of para-hydroxylation sites is 1. The summed E-state index contributed by atoms with van der Waals surface area (Å²) in [5, 5.41) is 10.6. The zero-order chi connectivity index (χ0) is 17.8. The summed E-state index contributed by atoms with van der Waals surface area (Å²) >= 11 is 0.799. The molecular formula is C17H12N2O5S. The van der Waals surface area contributed by atoms with Crippen molar-refractivity contribution in [2.24, 2.45) is 0 Å². The third kappa shape index (κ3) is 3.69. The van der Waals surface area contributed by atoms with E-state index in [4.69, 9.17) is 4.42 Å². The first-order valence-corrected chi connectivity index (χ1v) is 8.06. The number of imide groups is 1. The van der Waals surface area contributed by atoms with Gasteiger partial charge in [0.1, 0.15) is 5.76 Å². The number of thioether (sulfide) groups is 1. The van der Waals surface area contributed by atoms with Crippen molar-refractivity contribution in [3.05, 3.63) is 81.2 Å². The predicted molar refractivity (Wildman–Crippen MR) is 92.5 cm³/mol. The SMILES string of the molecule is O=C1S/C(=C\C=C\c2ccco2)C(=O)N1Cc1ccccc1[N+](=O)[O-]. The lowest BCUT2D eigenvalue weighted by molar-refractivity contribution is -0.385. The first kappa shape index (κ1) is 16.7. The fraction of sp³-hybridized carbons (Fsp3) is 0.0588. The molecule has 0 atom stereocenters. The number of nitro benzene ring substituents is 1. The number of hydrogen-bond acceptors (Lipinski definition) is 6. The fourth-order valence-electron chi connectivity index (χ4n) is 2.26. The molecule has 2 amide bonds. The predicted octanol–water partition coefficient (Wildman–Crippen LogP) is 3.98. The van der Waals surface area contributed by atoms with Crippen molar-refractivity contribution in [2.75, 3.05) is 0 Å². The highest BCUT2D eigenvalue weighted by Crippen LogP contribution is 2.33. The Labute approximate surface area is 146 Å². The summed E-state index contributed by atoms with van der Waals surface area (Å²) in [6.07, 6.45) is 6.32. The molecule has 3 rings (SSSR count). The van der Waals surface area contributed by atoms with Crippen molar-refractivity contribution < 1.29 is 18.9 Å². The normalized spacial score (nSPS) is 16.3. The van der Waals surface area contributed by atoms with Crippen molar-refractivity contribution in [3.8, 4) is 0 Å². The lowest BCUT2D eigenvalue weighted by atomic mass is 10.1. The summed E-state index contributed by atoms with van der Waals surface area (Å²) in [6.45, 7) is -0.138. The number of amides is 2. The molecule has 7 nitrogen and oxygen atoms in total. The van der Waals surface area contributed by atoms with Crippen molar-refractivity contribution in [1.82, 2.24) is 4.90 Å². The minimum absolute atomic E-state index is 0.122. The van der Waals surface area contributed by atoms with Gasteiger partial charge in [0.15, 0.2) is 0 Å². The maximum absolute atomic E-state index is 12.4. The second-order valence-electron chi connectivity index (χ2n) is 5.05. The van der Waals surface area contributed by atoms with Gasteiger partial charge in [-0.1, -0.05) is 24.3 Å². The molecule has 1 aliphatic heterocycles. The maximum Gasteiger partial charge on any atom is 0.293 e. The Balaban J connectivity index is 1.77. The molecule has 8 heteroatoms. The van der Waals surface area contributed by atoms with E-state index in [0.717, 1.165) is 16.7 Å². The number of carbonyl (C=O) groups is 2. The van der Waals surface area contributed by atoms with Gasteiger partial charge in [-0.25, -0.2) is 0 Å². The molecule has 1 fully saturated rings. The molecule has 0 spiro atoms. The molecule has 1 aromatic carbocycles. The first-order valence-electron chi connectivity index (χ1n) is 7.24. The van der Waals surface area contributed by atoms with E-state index in [0.29, 0.717) is 11.3 Å². The summed E-state index contributed by atoms with van der Waals surface area (Å²) in [5.74, 6) is 0.146. The van der Waals surface area contributed by atoms with E-state index >= 15 is 0 Å². The Kier molecular flexibility index (Phi) is 4.80. The number of benzene rings is 1. The van der Waals surface area contributed by atoms with Crippen LogP contribution in [0.2, 0.25) is 0 Å². The second kappa shape index (κ2) is 7.18. The minimum Gasteiger partial charge on any atom is -0.465 e. The molecule has 0 unspecified atom stereocenters. The quantitative estimate of drug-likeness (QED) is 0.457. The number of carbonyl (C=O) groups excluding carboxylic acids is 2. The lowest BCUT2D eigenvalue weighted by Gasteiger charge is -2.12. The van der Waals surface area contributed by atoms with Crippen LogP contribution >= 0.6 is 11.8 Å². The molecule has 0 radical (unpaired) electrons. The monoisotopic (exact) mass is 356 g/mol. The van der Waals surface area contributed by atoms with Gasteiger partial charge in [0.05, 0.1) is 22.6 Å². The van der Waals surface area contributed by atoms with E-state index in [2.05, 4.69) is 0 Å². The molecule has 1 saturated heterocycles. The van der Waals surface area contributed by atoms with Crippen LogP contribution in [0.1, 0.15) is 11.3 Å². The molecule has 25 heavy (non-hydrogen) atoms. The Hall–Kier alpha value is -3.13. The zero-order valence-corrected chi connectivity index (χ0v) is 13.6. The number of allylic oxidation sites excluding steroid dienone is 2. The highest BCUT2D eigenvalue weighted by atomic mass is 32.2. The second-order valence-corrected chi connectivity index (χ2v) is 6.04. The molecule has 0 N–H and O–H groups in total. The van der Waals surface area contributed by atoms with E-state index in [1.54, 1.807) is 30.4 Å². The van der Waals surface area contributed by atoms with Crippen LogP contribution in [0.5, 0.6) is 0 Å². The molecule has 0 saturated carbocycles. The van der Waals surface area contributed by atoms with Crippen molar-refractivity contribution in [3.63, 3.8) is 0 Å². The molecular weight excluding hydrogens is 344 g/mol. The van der Waals surface area contributed by atoms with Crippen molar-refractivity contribution in [1.29, 1.82) is 0 Å². The highest BCUT2D eigenvalue weighted by Gasteiger charge is 2.35. The number of nitrogens with zero attached hydrogens (tertiary/aromatic N) is 2. The van der Waals surface area contributed by atoms with Crippen molar-refractivity contribution in [2.45, 2.75) is 6.54 Å². The minimum atomic E-state index is -0.531. The van der Waals surface area contributed by atoms with E-state index in [1.165, 1.54) is 30.5 Å². The van der Waals surface area contributed by atoms with E-state index in [9.17, 15) is 19.7 Å². The molecule has 1 aliphatic rings. The Bertz CT molecular complexity index is 886. The van der Waals surface area contributed by atoms with Gasteiger partial charge in [-0.2, -0.15) is 0 Å². The summed E-state index contributed by atoms with van der Waals surface area (Å²) in [5.41, 5.74) is 0.186. The molecule has 0 aliphatic carbocycles. The van der Waals surface area contributed by atoms with Gasteiger partial charge in [-0.05, 0) is 36.0 Å². The standard InChI is InChI=1S/C17H12N2O5S/c20-16-15(9-3-6-13-7-4-10-24-13)25-17(21)18(16)11-12-5-1-2-8-14(12)19(22)23/h1-10H,11H2/b6-3+,15-9-. The van der Waals surface area contributed by atoms with Crippen LogP contribution in [0.4, 0.5) is 10.5 Å². The number of rotatable bonds is 5. The third-order valence-electron chi connectivity index (χ3n) is 3.44. The van der Waals surface area contributed by atoms with Crippen molar-refractivity contribution >= 4 is 34.7 Å². The molecule has 126 valence electrons. The van der Waals surface area contributed by atoms with Crippen LogP contribution in [0, 0.1) is 10.1 Å². The van der Waals surface area contributed by atoms with Gasteiger partial charge in [-0.3, -0.25) is 24.6 Å². The van der Waals surface area contributed by atoms with E-state index < -0.39 is 16.1 Å². The lowest BCUT2D eigenvalue weighted by Crippen LogP contribution is -2.27. The van der Waals surface area contributed by atoms with Gasteiger partial charge < -0.3 is 4.42 Å². The smallest absolute Gasteiger partial charge is 0.293 e. The van der Waals surface area contributed by atoms with Gasteiger partial charge in [0, 0.05) is 11.6 Å². The van der Waals surface area contributed by atoms with Gasteiger partial charge >= 0.3 is 0 Å². The Morgan fingerprint density at radius 2 is 2.00 bits per heavy atom. The number of hydrogen-bond donors (Lipinski definition) is 0. The van der Waals surface area contributed by atoms with E-state index in [1.807, 2.05) is 0 Å². The Morgan fingerprint density at radius 1 is 1.20 bits per heavy atom. The van der Waals surface area contributed by atoms with Crippen LogP contribution < -0.4 is 0 Å². The largest absolute Gasteiger partial charge is 0.465 e. The average molecular weight is 356 g/mol. The average Bonchev–Trinajstić information content (AvgIpc) is 3.19. The van der Waals surface area contributed by atoms with Crippen LogP contribution in [-0.2, 0) is 11.3 Å². The van der Waals surface area contributed by atoms with Crippen LogP contribution in [0.3, 0.4) is 0 Å². The summed E-state index contributed by atoms with van der Waals surface area (Å²) in [7, 11) is 0. The fourth-order valence-corrected chi connectivity index (χ4v) is 3.05. The summed E-state index contributed by atoms with van der Waals surface area (Å²) in [6, 6.07) is 9.53. The van der Waals surface area contributed by atoms with Gasteiger partial charge in [0.25, 0.3) is 16.8 Å². The topological polar surface area (TPSA) is 93.7 Å². The molecule has 0 bridgehead atoms. The maximum atomic E-state index is 12.4. The number of nitro groups is 1. The summed E-state index contributed by atoms with van der Waals surface area (Å²) in [4.78, 5) is 36.3. The van der Waals surface area contributed by atoms with Gasteiger partial charge in [0.2, 0.25) is 0 Å². The molecule has 2 heterocycles. The number of furan rings is 1. The van der Waals surface area contributed by atoms with Gasteiger partial charge in [-0.15, -0.1) is 0 Å². The van der Waals surface area contributed by atoms with Crippen LogP contribution in [-0.4, -0.2) is 21.0 Å². The van der Waals surface area contributed by atoms with E-state index in [-0.39, 0.29) is 17.1 Å². The van der Waals surface area contributed by atoms with Crippen LogP contribution in [0.15, 0.2) is 64.1 Å². The molecule has 2 aromatic rings. The highest BCUT2D eigenvalue weighted by molar-refractivity contribution is 8.18. The third-order valence-corrected chi connectivity index (χ3v) is 4.37. The zero-order valence-electron chi connectivity index (χ0n) is 12.8. The Morgan fingerprint density at radius 3 is 2.72 bits per heavy atom. The first-order chi connectivity index (χ1) is 12.1. The summed E-state index contributed by atoms with van der Waals surface area (Å²) < 4.78 is 5.13.